The van der Waals surface area contributed by atoms with E-state index in [0.29, 0.717) is 0 Å². The van der Waals surface area contributed by atoms with Gasteiger partial charge in [-0.25, -0.2) is 15.0 Å². The molecular weight excluding hydrogens is 260 g/mol. The van der Waals surface area contributed by atoms with E-state index in [4.69, 9.17) is 0 Å². The number of hydrogen-bond acceptors (Lipinski definition) is 4. The summed E-state index contributed by atoms with van der Waals surface area (Å²) in [5.74, 6) is 0.721. The van der Waals surface area contributed by atoms with E-state index in [9.17, 15) is 0 Å². The maximum Gasteiger partial charge on any atom is 0.178 e. The molecule has 0 radical (unpaired) electrons. The topological polar surface area (TPSA) is 50.7 Å². The molecule has 0 unspecified atom stereocenters. The van der Waals surface area contributed by atoms with Gasteiger partial charge in [-0.05, 0) is 64.4 Å². The smallest absolute Gasteiger partial charge is 0.178 e. The highest BCUT2D eigenvalue weighted by atomic mass is 14.9. The average molecular weight is 284 g/mol. The van der Waals surface area contributed by atoms with Crippen molar-refractivity contribution in [2.45, 2.75) is 40.5 Å². The molecule has 112 valence electrons. The second-order valence-corrected chi connectivity index (χ2v) is 5.36. The van der Waals surface area contributed by atoms with Crippen LogP contribution in [-0.4, -0.2) is 28.0 Å². The molecule has 0 aliphatic rings. The standard InChI is InChI=1S/C17H24N4/c1-5-10-18-11-9-15-13(3)20-17(21-14(15)4)16-8-6-7-12(2)19-16/h6-8,18H,5,9-11H2,1-4H3. The fraction of sp³-hybridized carbons (Fsp3) is 0.471. The quantitative estimate of drug-likeness (QED) is 0.828. The highest BCUT2D eigenvalue weighted by Crippen LogP contribution is 2.17. The lowest BCUT2D eigenvalue weighted by molar-refractivity contribution is 0.666. The Bertz CT molecular complexity index is 584. The van der Waals surface area contributed by atoms with Gasteiger partial charge in [-0.2, -0.15) is 0 Å². The van der Waals surface area contributed by atoms with Crippen molar-refractivity contribution in [2.75, 3.05) is 13.1 Å². The molecule has 2 aromatic rings. The van der Waals surface area contributed by atoms with Crippen molar-refractivity contribution < 1.29 is 0 Å². The van der Waals surface area contributed by atoms with Crippen LogP contribution in [0.25, 0.3) is 11.5 Å². The molecule has 0 spiro atoms. The maximum absolute atomic E-state index is 4.64. The van der Waals surface area contributed by atoms with Gasteiger partial charge in [-0.1, -0.05) is 13.0 Å². The van der Waals surface area contributed by atoms with Gasteiger partial charge in [-0.15, -0.1) is 0 Å². The lowest BCUT2D eigenvalue weighted by atomic mass is 10.1. The molecule has 2 heterocycles. The third kappa shape index (κ3) is 4.08. The number of pyridine rings is 1. The molecule has 0 fully saturated rings. The van der Waals surface area contributed by atoms with Gasteiger partial charge in [0, 0.05) is 17.1 Å². The van der Waals surface area contributed by atoms with Gasteiger partial charge in [0.15, 0.2) is 5.82 Å². The Hall–Kier alpha value is -1.81. The fourth-order valence-electron chi connectivity index (χ4n) is 2.40. The number of rotatable bonds is 6. The summed E-state index contributed by atoms with van der Waals surface area (Å²) >= 11 is 0. The second kappa shape index (κ2) is 7.27. The summed E-state index contributed by atoms with van der Waals surface area (Å²) in [4.78, 5) is 13.8. The van der Waals surface area contributed by atoms with Crippen LogP contribution in [0.1, 0.15) is 36.0 Å². The fourth-order valence-corrected chi connectivity index (χ4v) is 2.40. The molecule has 4 heteroatoms. The van der Waals surface area contributed by atoms with Crippen molar-refractivity contribution in [3.8, 4) is 11.5 Å². The van der Waals surface area contributed by atoms with E-state index in [1.807, 2.05) is 25.1 Å². The number of hydrogen-bond donors (Lipinski definition) is 1. The monoisotopic (exact) mass is 284 g/mol. The molecule has 0 aliphatic carbocycles. The van der Waals surface area contributed by atoms with Crippen LogP contribution in [0.5, 0.6) is 0 Å². The van der Waals surface area contributed by atoms with Crippen molar-refractivity contribution in [3.05, 3.63) is 40.8 Å². The van der Waals surface area contributed by atoms with E-state index in [1.165, 1.54) is 5.56 Å². The predicted octanol–water partition coefficient (Wildman–Crippen LogP) is 3.01. The van der Waals surface area contributed by atoms with Crippen molar-refractivity contribution in [1.82, 2.24) is 20.3 Å². The van der Waals surface area contributed by atoms with Crippen molar-refractivity contribution >= 4 is 0 Å². The molecule has 2 rings (SSSR count). The Balaban J connectivity index is 2.20. The molecule has 0 bridgehead atoms. The highest BCUT2D eigenvalue weighted by molar-refractivity contribution is 5.50. The van der Waals surface area contributed by atoms with Crippen molar-refractivity contribution in [1.29, 1.82) is 0 Å². The summed E-state index contributed by atoms with van der Waals surface area (Å²) in [5.41, 5.74) is 5.18. The number of aromatic nitrogens is 3. The summed E-state index contributed by atoms with van der Waals surface area (Å²) in [7, 11) is 0. The third-order valence-electron chi connectivity index (χ3n) is 3.52. The second-order valence-electron chi connectivity index (χ2n) is 5.36. The lowest BCUT2D eigenvalue weighted by Crippen LogP contribution is -2.19. The van der Waals surface area contributed by atoms with E-state index < -0.39 is 0 Å². The van der Waals surface area contributed by atoms with E-state index >= 15 is 0 Å². The zero-order valence-electron chi connectivity index (χ0n) is 13.4. The van der Waals surface area contributed by atoms with Gasteiger partial charge < -0.3 is 5.32 Å². The summed E-state index contributed by atoms with van der Waals surface area (Å²) in [6.07, 6.45) is 2.13. The lowest BCUT2D eigenvalue weighted by Gasteiger charge is -2.11. The Kier molecular flexibility index (Phi) is 5.39. The van der Waals surface area contributed by atoms with Crippen LogP contribution >= 0.6 is 0 Å². The largest absolute Gasteiger partial charge is 0.316 e. The minimum Gasteiger partial charge on any atom is -0.316 e. The SMILES string of the molecule is CCCNCCc1c(C)nc(-c2cccc(C)n2)nc1C. The molecule has 4 nitrogen and oxygen atoms in total. The van der Waals surface area contributed by atoms with E-state index in [0.717, 1.165) is 54.5 Å². The zero-order valence-corrected chi connectivity index (χ0v) is 13.4. The van der Waals surface area contributed by atoms with Gasteiger partial charge in [0.25, 0.3) is 0 Å². The van der Waals surface area contributed by atoms with Crippen LogP contribution in [-0.2, 0) is 6.42 Å². The Morgan fingerprint density at radius 3 is 2.29 bits per heavy atom. The van der Waals surface area contributed by atoms with Crippen LogP contribution in [0, 0.1) is 20.8 Å². The number of nitrogens with one attached hydrogen (secondary N) is 1. The minimum atomic E-state index is 0.721. The zero-order chi connectivity index (χ0) is 15.2. The number of nitrogens with zero attached hydrogens (tertiary/aromatic N) is 3. The van der Waals surface area contributed by atoms with Crippen molar-refractivity contribution in [2.24, 2.45) is 0 Å². The summed E-state index contributed by atoms with van der Waals surface area (Å²) in [6, 6.07) is 5.94. The maximum atomic E-state index is 4.64. The van der Waals surface area contributed by atoms with Crippen LogP contribution in [0.2, 0.25) is 0 Å². The summed E-state index contributed by atoms with van der Waals surface area (Å²) < 4.78 is 0. The van der Waals surface area contributed by atoms with E-state index in [1.54, 1.807) is 0 Å². The molecule has 0 aromatic carbocycles. The first kappa shape index (κ1) is 15.6. The van der Waals surface area contributed by atoms with Gasteiger partial charge in [0.05, 0.1) is 0 Å². The normalized spacial score (nSPS) is 10.9. The molecule has 0 saturated heterocycles. The first-order valence-corrected chi connectivity index (χ1v) is 7.60. The van der Waals surface area contributed by atoms with Crippen molar-refractivity contribution in [3.63, 3.8) is 0 Å². The average Bonchev–Trinajstić information content (AvgIpc) is 2.45. The molecule has 0 aliphatic heterocycles. The third-order valence-corrected chi connectivity index (χ3v) is 3.52. The minimum absolute atomic E-state index is 0.721. The van der Waals surface area contributed by atoms with E-state index in [2.05, 4.69) is 41.0 Å². The van der Waals surface area contributed by atoms with E-state index in [-0.39, 0.29) is 0 Å². The van der Waals surface area contributed by atoms with Crippen LogP contribution < -0.4 is 5.32 Å². The predicted molar refractivity (Wildman–Crippen MR) is 86.3 cm³/mol. The summed E-state index contributed by atoms with van der Waals surface area (Å²) in [5, 5.41) is 3.42. The van der Waals surface area contributed by atoms with Crippen LogP contribution in [0.15, 0.2) is 18.2 Å². The molecule has 2 aromatic heterocycles. The molecule has 0 saturated carbocycles. The molecule has 0 amide bonds. The van der Waals surface area contributed by atoms with Gasteiger partial charge in [0.2, 0.25) is 0 Å². The highest BCUT2D eigenvalue weighted by Gasteiger charge is 2.10. The Morgan fingerprint density at radius 1 is 0.952 bits per heavy atom. The Morgan fingerprint density at radius 2 is 1.67 bits per heavy atom. The Labute approximate surface area is 127 Å². The van der Waals surface area contributed by atoms with Crippen LogP contribution in [0.4, 0.5) is 0 Å². The first-order valence-electron chi connectivity index (χ1n) is 7.60. The molecule has 21 heavy (non-hydrogen) atoms. The molecular formula is C17H24N4. The molecule has 0 atom stereocenters. The van der Waals surface area contributed by atoms with Gasteiger partial charge >= 0.3 is 0 Å². The molecule has 1 N–H and O–H groups in total. The first-order chi connectivity index (χ1) is 10.1. The van der Waals surface area contributed by atoms with Crippen LogP contribution in [0.3, 0.4) is 0 Å². The van der Waals surface area contributed by atoms with Gasteiger partial charge in [-0.3, -0.25) is 0 Å². The summed E-state index contributed by atoms with van der Waals surface area (Å²) in [6.45, 7) is 10.3. The number of aryl methyl sites for hydroxylation is 3. The van der Waals surface area contributed by atoms with Gasteiger partial charge in [0.1, 0.15) is 5.69 Å².